The summed E-state index contributed by atoms with van der Waals surface area (Å²) in [5.74, 6) is 0.891. The van der Waals surface area contributed by atoms with Crippen molar-refractivity contribution in [3.8, 4) is 11.3 Å². The third-order valence-electron chi connectivity index (χ3n) is 7.29. The Kier molecular flexibility index (Phi) is 5.90. The summed E-state index contributed by atoms with van der Waals surface area (Å²) in [7, 11) is 0. The standard InChI is InChI=1S/C24H31FN6O2/c1-3-33-23(32)31-15-24(16-31)7-6-18(13-24)29-9-11-30(12-10-29)22-19(5-4-8-26-22)21-20(25)14-27-17(2)28-21/h4-5,8,14,18H,3,6-7,9-13,15-16H2,1-2H3. The lowest BCUT2D eigenvalue weighted by Crippen LogP contribution is -2.58. The van der Waals surface area contributed by atoms with Gasteiger partial charge in [0.1, 0.15) is 17.3 Å². The van der Waals surface area contributed by atoms with E-state index >= 15 is 0 Å². The van der Waals surface area contributed by atoms with Crippen LogP contribution in [0.3, 0.4) is 0 Å². The molecule has 1 atom stereocenters. The van der Waals surface area contributed by atoms with Crippen LogP contribution in [-0.4, -0.2) is 82.8 Å². The fourth-order valence-electron chi connectivity index (χ4n) is 5.66. The predicted octanol–water partition coefficient (Wildman–Crippen LogP) is 3.12. The van der Waals surface area contributed by atoms with Crippen molar-refractivity contribution in [2.45, 2.75) is 39.2 Å². The molecule has 3 fully saturated rings. The molecule has 1 spiro atoms. The maximum atomic E-state index is 14.5. The molecule has 0 bridgehead atoms. The number of halogens is 1. The summed E-state index contributed by atoms with van der Waals surface area (Å²) in [5.41, 5.74) is 1.29. The van der Waals surface area contributed by atoms with Crippen LogP contribution in [0.5, 0.6) is 0 Å². The maximum absolute atomic E-state index is 14.5. The zero-order chi connectivity index (χ0) is 23.0. The highest BCUT2D eigenvalue weighted by Gasteiger charge is 2.51. The Hall–Kier alpha value is -2.81. The van der Waals surface area contributed by atoms with Gasteiger partial charge in [-0.2, -0.15) is 0 Å². The first kappa shape index (κ1) is 22.0. The van der Waals surface area contributed by atoms with Crippen molar-refractivity contribution in [2.24, 2.45) is 5.41 Å². The molecule has 1 unspecified atom stereocenters. The van der Waals surface area contributed by atoms with Crippen LogP contribution in [0.1, 0.15) is 32.0 Å². The van der Waals surface area contributed by atoms with Gasteiger partial charge in [0.2, 0.25) is 0 Å². The number of carbonyl (C=O) groups is 1. The van der Waals surface area contributed by atoms with Gasteiger partial charge < -0.3 is 14.5 Å². The van der Waals surface area contributed by atoms with E-state index in [0.29, 0.717) is 29.7 Å². The van der Waals surface area contributed by atoms with E-state index in [4.69, 9.17) is 4.74 Å². The molecule has 1 amide bonds. The van der Waals surface area contributed by atoms with Crippen molar-refractivity contribution in [1.82, 2.24) is 24.8 Å². The molecule has 1 saturated carbocycles. The molecule has 1 aliphatic carbocycles. The Labute approximate surface area is 193 Å². The number of amides is 1. The first-order chi connectivity index (χ1) is 16.0. The van der Waals surface area contributed by atoms with Crippen LogP contribution in [0.2, 0.25) is 0 Å². The highest BCUT2D eigenvalue weighted by molar-refractivity contribution is 5.73. The molecular weight excluding hydrogens is 423 g/mol. The van der Waals surface area contributed by atoms with Crippen molar-refractivity contribution >= 4 is 11.9 Å². The molecule has 9 heteroatoms. The molecule has 2 aromatic rings. The molecule has 33 heavy (non-hydrogen) atoms. The summed E-state index contributed by atoms with van der Waals surface area (Å²) in [6.45, 7) is 9.26. The van der Waals surface area contributed by atoms with Crippen molar-refractivity contribution in [3.05, 3.63) is 36.2 Å². The van der Waals surface area contributed by atoms with Crippen LogP contribution in [-0.2, 0) is 4.74 Å². The molecule has 176 valence electrons. The zero-order valence-corrected chi connectivity index (χ0v) is 19.3. The van der Waals surface area contributed by atoms with Gasteiger partial charge in [0.15, 0.2) is 5.82 Å². The second-order valence-electron chi connectivity index (χ2n) is 9.46. The van der Waals surface area contributed by atoms with Gasteiger partial charge >= 0.3 is 6.09 Å². The normalized spacial score (nSPS) is 22.5. The van der Waals surface area contributed by atoms with Gasteiger partial charge in [0.05, 0.1) is 12.8 Å². The average Bonchev–Trinajstić information content (AvgIpc) is 3.26. The number of anilines is 1. The number of aryl methyl sites for hydroxylation is 1. The summed E-state index contributed by atoms with van der Waals surface area (Å²) in [6.07, 6.45) is 6.29. The number of ether oxygens (including phenoxy) is 1. The number of carbonyl (C=O) groups excluding carboxylic acids is 1. The average molecular weight is 455 g/mol. The summed E-state index contributed by atoms with van der Waals surface area (Å²) in [6, 6.07) is 4.26. The Balaban J connectivity index is 1.21. The Morgan fingerprint density at radius 1 is 1.24 bits per heavy atom. The van der Waals surface area contributed by atoms with E-state index in [1.54, 1.807) is 13.1 Å². The minimum absolute atomic E-state index is 0.179. The monoisotopic (exact) mass is 454 g/mol. The number of piperazine rings is 1. The summed E-state index contributed by atoms with van der Waals surface area (Å²) >= 11 is 0. The molecule has 8 nitrogen and oxygen atoms in total. The highest BCUT2D eigenvalue weighted by Crippen LogP contribution is 2.47. The Morgan fingerprint density at radius 2 is 2.03 bits per heavy atom. The number of rotatable bonds is 4. The molecule has 3 aliphatic rings. The number of pyridine rings is 1. The molecule has 2 saturated heterocycles. The van der Waals surface area contributed by atoms with Gasteiger partial charge in [-0.3, -0.25) is 4.90 Å². The summed E-state index contributed by atoms with van der Waals surface area (Å²) in [4.78, 5) is 31.5. The van der Waals surface area contributed by atoms with Gasteiger partial charge in [-0.05, 0) is 45.2 Å². The van der Waals surface area contributed by atoms with Gasteiger partial charge in [0, 0.05) is 62.5 Å². The van der Waals surface area contributed by atoms with E-state index in [-0.39, 0.29) is 11.5 Å². The lowest BCUT2D eigenvalue weighted by Gasteiger charge is -2.48. The van der Waals surface area contributed by atoms with Gasteiger partial charge in [0.25, 0.3) is 0 Å². The highest BCUT2D eigenvalue weighted by atomic mass is 19.1. The predicted molar refractivity (Wildman–Crippen MR) is 122 cm³/mol. The van der Waals surface area contributed by atoms with Crippen molar-refractivity contribution < 1.29 is 13.9 Å². The summed E-state index contributed by atoms with van der Waals surface area (Å²) in [5, 5.41) is 0. The molecule has 2 aliphatic heterocycles. The van der Waals surface area contributed by atoms with E-state index in [1.165, 1.54) is 19.0 Å². The minimum atomic E-state index is -0.429. The topological polar surface area (TPSA) is 74.7 Å². The van der Waals surface area contributed by atoms with E-state index < -0.39 is 5.82 Å². The molecular formula is C24H31FN6O2. The third-order valence-corrected chi connectivity index (χ3v) is 7.29. The fourth-order valence-corrected chi connectivity index (χ4v) is 5.66. The molecule has 0 N–H and O–H groups in total. The molecule has 0 aromatic carbocycles. The number of hydrogen-bond acceptors (Lipinski definition) is 7. The first-order valence-electron chi connectivity index (χ1n) is 11.8. The van der Waals surface area contributed by atoms with Crippen molar-refractivity contribution in [3.63, 3.8) is 0 Å². The Bertz CT molecular complexity index is 1020. The van der Waals surface area contributed by atoms with Crippen LogP contribution in [0, 0.1) is 18.2 Å². The smallest absolute Gasteiger partial charge is 0.409 e. The van der Waals surface area contributed by atoms with Crippen molar-refractivity contribution in [2.75, 3.05) is 50.8 Å². The second kappa shape index (κ2) is 8.85. The lowest BCUT2D eigenvalue weighted by atomic mass is 9.78. The molecule has 5 rings (SSSR count). The van der Waals surface area contributed by atoms with E-state index in [0.717, 1.165) is 51.5 Å². The van der Waals surface area contributed by atoms with Gasteiger partial charge in [-0.25, -0.2) is 24.1 Å². The van der Waals surface area contributed by atoms with Crippen LogP contribution >= 0.6 is 0 Å². The lowest BCUT2D eigenvalue weighted by molar-refractivity contribution is -0.00294. The zero-order valence-electron chi connectivity index (χ0n) is 19.3. The van der Waals surface area contributed by atoms with Crippen LogP contribution in [0.25, 0.3) is 11.3 Å². The number of likely N-dealkylation sites (tertiary alicyclic amines) is 1. The first-order valence-corrected chi connectivity index (χ1v) is 11.8. The molecule has 0 radical (unpaired) electrons. The van der Waals surface area contributed by atoms with Gasteiger partial charge in [-0.1, -0.05) is 0 Å². The second-order valence-corrected chi connectivity index (χ2v) is 9.46. The van der Waals surface area contributed by atoms with Crippen LogP contribution in [0.15, 0.2) is 24.5 Å². The SMILES string of the molecule is CCOC(=O)N1CC2(CCC(N3CCN(c4ncccc4-c4nc(C)ncc4F)CC3)C2)C1. The maximum Gasteiger partial charge on any atom is 0.409 e. The van der Waals surface area contributed by atoms with E-state index in [9.17, 15) is 9.18 Å². The molecule has 2 aromatic heterocycles. The quantitative estimate of drug-likeness (QED) is 0.703. The van der Waals surface area contributed by atoms with E-state index in [2.05, 4.69) is 24.8 Å². The molecule has 4 heterocycles. The van der Waals surface area contributed by atoms with Crippen LogP contribution < -0.4 is 4.90 Å². The number of aromatic nitrogens is 3. The number of hydrogen-bond donors (Lipinski definition) is 0. The van der Waals surface area contributed by atoms with Crippen LogP contribution in [0.4, 0.5) is 15.0 Å². The van der Waals surface area contributed by atoms with Gasteiger partial charge in [-0.15, -0.1) is 0 Å². The largest absolute Gasteiger partial charge is 0.450 e. The van der Waals surface area contributed by atoms with E-state index in [1.807, 2.05) is 24.0 Å². The van der Waals surface area contributed by atoms with Crippen molar-refractivity contribution in [1.29, 1.82) is 0 Å². The fraction of sp³-hybridized carbons (Fsp3) is 0.583. The minimum Gasteiger partial charge on any atom is -0.450 e. The number of nitrogens with zero attached hydrogens (tertiary/aromatic N) is 6. The Morgan fingerprint density at radius 3 is 2.79 bits per heavy atom. The third kappa shape index (κ3) is 4.26. The summed E-state index contributed by atoms with van der Waals surface area (Å²) < 4.78 is 19.6.